The molecular formula is C9H20O2. The van der Waals surface area contributed by atoms with E-state index in [-0.39, 0.29) is 12.2 Å². The van der Waals surface area contributed by atoms with Crippen LogP contribution in [0.15, 0.2) is 0 Å². The standard InChI is InChI=1S/C9H20O2/c1-5-8(10)9(7(3)4)11-6-2/h7-10H,5-6H2,1-4H3/t8-,9+/m0/s1. The fourth-order valence-corrected chi connectivity index (χ4v) is 1.17. The number of ether oxygens (including phenoxy) is 1. The third kappa shape index (κ3) is 3.73. The normalized spacial score (nSPS) is 16.9. The van der Waals surface area contributed by atoms with Crippen LogP contribution in [0.2, 0.25) is 0 Å². The molecule has 0 aliphatic heterocycles. The first-order valence-electron chi connectivity index (χ1n) is 4.43. The quantitative estimate of drug-likeness (QED) is 0.664. The van der Waals surface area contributed by atoms with Crippen LogP contribution in [0.5, 0.6) is 0 Å². The SMILES string of the molecule is CCO[C@H](C(C)C)[C@@H](O)CC. The monoisotopic (exact) mass is 160 g/mol. The minimum atomic E-state index is -0.310. The lowest BCUT2D eigenvalue weighted by atomic mass is 10.00. The van der Waals surface area contributed by atoms with Gasteiger partial charge in [0, 0.05) is 6.61 Å². The van der Waals surface area contributed by atoms with Crippen molar-refractivity contribution >= 4 is 0 Å². The summed E-state index contributed by atoms with van der Waals surface area (Å²) in [5.74, 6) is 0.393. The first kappa shape index (κ1) is 10.9. The Kier molecular flexibility index (Phi) is 5.51. The Labute approximate surface area is 69.6 Å². The Bertz CT molecular complexity index is 91.6. The Hall–Kier alpha value is -0.0800. The maximum Gasteiger partial charge on any atom is 0.0856 e. The van der Waals surface area contributed by atoms with Crippen LogP contribution in [0.25, 0.3) is 0 Å². The van der Waals surface area contributed by atoms with E-state index in [1.807, 2.05) is 13.8 Å². The van der Waals surface area contributed by atoms with Crippen molar-refractivity contribution in [1.29, 1.82) is 0 Å². The molecule has 0 rings (SSSR count). The topological polar surface area (TPSA) is 29.5 Å². The van der Waals surface area contributed by atoms with Crippen LogP contribution in [0.1, 0.15) is 34.1 Å². The Morgan fingerprint density at radius 2 is 1.82 bits per heavy atom. The fourth-order valence-electron chi connectivity index (χ4n) is 1.17. The second-order valence-electron chi connectivity index (χ2n) is 3.14. The van der Waals surface area contributed by atoms with E-state index in [0.717, 1.165) is 6.42 Å². The van der Waals surface area contributed by atoms with Crippen molar-refractivity contribution < 1.29 is 9.84 Å². The van der Waals surface area contributed by atoms with E-state index in [2.05, 4.69) is 13.8 Å². The molecule has 0 saturated heterocycles. The molecule has 11 heavy (non-hydrogen) atoms. The van der Waals surface area contributed by atoms with Crippen LogP contribution in [0, 0.1) is 5.92 Å². The Balaban J connectivity index is 3.87. The van der Waals surface area contributed by atoms with Gasteiger partial charge in [-0.25, -0.2) is 0 Å². The largest absolute Gasteiger partial charge is 0.390 e. The van der Waals surface area contributed by atoms with Crippen molar-refractivity contribution in [1.82, 2.24) is 0 Å². The molecule has 0 aromatic heterocycles. The lowest BCUT2D eigenvalue weighted by molar-refractivity contribution is -0.0577. The van der Waals surface area contributed by atoms with Gasteiger partial charge in [0.1, 0.15) is 0 Å². The first-order valence-corrected chi connectivity index (χ1v) is 4.43. The summed E-state index contributed by atoms with van der Waals surface area (Å²) in [4.78, 5) is 0. The van der Waals surface area contributed by atoms with Crippen molar-refractivity contribution in [2.75, 3.05) is 6.61 Å². The summed E-state index contributed by atoms with van der Waals surface area (Å²) in [6.07, 6.45) is 0.461. The number of hydrogen-bond acceptors (Lipinski definition) is 2. The van der Waals surface area contributed by atoms with Gasteiger partial charge in [0.25, 0.3) is 0 Å². The van der Waals surface area contributed by atoms with Gasteiger partial charge >= 0.3 is 0 Å². The molecule has 2 heteroatoms. The van der Waals surface area contributed by atoms with Crippen LogP contribution in [0.3, 0.4) is 0 Å². The molecule has 0 fully saturated rings. The van der Waals surface area contributed by atoms with Gasteiger partial charge < -0.3 is 9.84 Å². The van der Waals surface area contributed by atoms with Crippen LogP contribution in [0.4, 0.5) is 0 Å². The minimum Gasteiger partial charge on any atom is -0.390 e. The molecule has 2 atom stereocenters. The van der Waals surface area contributed by atoms with Gasteiger partial charge in [-0.05, 0) is 19.3 Å². The van der Waals surface area contributed by atoms with Crippen LogP contribution in [-0.2, 0) is 4.74 Å². The van der Waals surface area contributed by atoms with Gasteiger partial charge in [-0.2, -0.15) is 0 Å². The molecule has 0 bridgehead atoms. The summed E-state index contributed by atoms with van der Waals surface area (Å²) in [5, 5.41) is 9.49. The highest BCUT2D eigenvalue weighted by molar-refractivity contribution is 4.70. The molecule has 1 N–H and O–H groups in total. The highest BCUT2D eigenvalue weighted by Crippen LogP contribution is 2.13. The van der Waals surface area contributed by atoms with Crippen molar-refractivity contribution in [3.8, 4) is 0 Å². The van der Waals surface area contributed by atoms with Gasteiger partial charge in [-0.1, -0.05) is 20.8 Å². The van der Waals surface area contributed by atoms with Crippen molar-refractivity contribution in [2.45, 2.75) is 46.3 Å². The fraction of sp³-hybridized carbons (Fsp3) is 1.00. The highest BCUT2D eigenvalue weighted by atomic mass is 16.5. The molecule has 0 saturated carbocycles. The molecular weight excluding hydrogens is 140 g/mol. The summed E-state index contributed by atoms with van der Waals surface area (Å²) in [5.41, 5.74) is 0. The van der Waals surface area contributed by atoms with Gasteiger partial charge in [0.15, 0.2) is 0 Å². The zero-order valence-electron chi connectivity index (χ0n) is 8.00. The molecule has 2 nitrogen and oxygen atoms in total. The Morgan fingerprint density at radius 3 is 2.09 bits per heavy atom. The second kappa shape index (κ2) is 5.56. The van der Waals surface area contributed by atoms with E-state index in [4.69, 9.17) is 4.74 Å². The average Bonchev–Trinajstić information content (AvgIpc) is 1.98. The van der Waals surface area contributed by atoms with Crippen LogP contribution in [-0.4, -0.2) is 23.9 Å². The lowest BCUT2D eigenvalue weighted by Crippen LogP contribution is -2.33. The number of hydrogen-bond donors (Lipinski definition) is 1. The Morgan fingerprint density at radius 1 is 1.27 bits per heavy atom. The van der Waals surface area contributed by atoms with E-state index in [1.54, 1.807) is 0 Å². The summed E-state index contributed by atoms with van der Waals surface area (Å²) in [6.45, 7) is 8.75. The zero-order valence-corrected chi connectivity index (χ0v) is 8.00. The predicted octanol–water partition coefficient (Wildman–Crippen LogP) is 1.82. The molecule has 68 valence electrons. The lowest BCUT2D eigenvalue weighted by Gasteiger charge is -2.25. The number of rotatable bonds is 5. The molecule has 0 aromatic rings. The van der Waals surface area contributed by atoms with Crippen molar-refractivity contribution in [2.24, 2.45) is 5.92 Å². The summed E-state index contributed by atoms with van der Waals surface area (Å²) >= 11 is 0. The van der Waals surface area contributed by atoms with E-state index in [0.29, 0.717) is 12.5 Å². The zero-order chi connectivity index (χ0) is 8.85. The predicted molar refractivity (Wildman–Crippen MR) is 46.5 cm³/mol. The van der Waals surface area contributed by atoms with Gasteiger partial charge in [0.2, 0.25) is 0 Å². The van der Waals surface area contributed by atoms with Gasteiger partial charge in [-0.3, -0.25) is 0 Å². The molecule has 0 radical (unpaired) electrons. The second-order valence-corrected chi connectivity index (χ2v) is 3.14. The number of aliphatic hydroxyl groups is 1. The third-order valence-corrected chi connectivity index (χ3v) is 1.81. The van der Waals surface area contributed by atoms with E-state index in [1.165, 1.54) is 0 Å². The molecule has 0 unspecified atom stereocenters. The van der Waals surface area contributed by atoms with Crippen molar-refractivity contribution in [3.63, 3.8) is 0 Å². The molecule has 0 aromatic carbocycles. The van der Waals surface area contributed by atoms with E-state index >= 15 is 0 Å². The smallest absolute Gasteiger partial charge is 0.0856 e. The summed E-state index contributed by atoms with van der Waals surface area (Å²) in [6, 6.07) is 0. The van der Waals surface area contributed by atoms with Crippen LogP contribution < -0.4 is 0 Å². The molecule has 0 amide bonds. The number of aliphatic hydroxyl groups excluding tert-OH is 1. The van der Waals surface area contributed by atoms with E-state index < -0.39 is 0 Å². The molecule has 0 heterocycles. The first-order chi connectivity index (χ1) is 5.13. The highest BCUT2D eigenvalue weighted by Gasteiger charge is 2.20. The minimum absolute atomic E-state index is 0.00463. The van der Waals surface area contributed by atoms with Gasteiger partial charge in [-0.15, -0.1) is 0 Å². The third-order valence-electron chi connectivity index (χ3n) is 1.81. The van der Waals surface area contributed by atoms with Crippen molar-refractivity contribution in [3.05, 3.63) is 0 Å². The summed E-state index contributed by atoms with van der Waals surface area (Å²) < 4.78 is 5.41. The maximum atomic E-state index is 9.49. The molecule has 0 aliphatic rings. The maximum absolute atomic E-state index is 9.49. The van der Waals surface area contributed by atoms with Crippen LogP contribution >= 0.6 is 0 Å². The summed E-state index contributed by atoms with van der Waals surface area (Å²) in [7, 11) is 0. The van der Waals surface area contributed by atoms with Gasteiger partial charge in [0.05, 0.1) is 12.2 Å². The van der Waals surface area contributed by atoms with E-state index in [9.17, 15) is 5.11 Å². The molecule has 0 spiro atoms. The average molecular weight is 160 g/mol. The molecule has 0 aliphatic carbocycles.